The molecule has 0 aliphatic carbocycles. The number of amides is 1. The Morgan fingerprint density at radius 3 is 2.42 bits per heavy atom. The van der Waals surface area contributed by atoms with Crippen LogP contribution >= 0.6 is 0 Å². The van der Waals surface area contributed by atoms with Crippen molar-refractivity contribution in [2.24, 2.45) is 0 Å². The summed E-state index contributed by atoms with van der Waals surface area (Å²) in [4.78, 5) is 14.7. The van der Waals surface area contributed by atoms with Crippen molar-refractivity contribution in [3.8, 4) is 23.0 Å². The molecule has 0 bridgehead atoms. The van der Waals surface area contributed by atoms with Crippen LogP contribution in [0.25, 0.3) is 11.5 Å². The normalized spacial score (nSPS) is 12.6. The fourth-order valence-electron chi connectivity index (χ4n) is 4.24. The highest BCUT2D eigenvalue weighted by Gasteiger charge is 2.31. The van der Waals surface area contributed by atoms with Crippen molar-refractivity contribution in [2.75, 3.05) is 13.7 Å². The van der Waals surface area contributed by atoms with E-state index < -0.39 is 0 Å². The van der Waals surface area contributed by atoms with Crippen LogP contribution in [0.2, 0.25) is 0 Å². The standard InChI is InChI=1S/C26H26N4O3/c1-18-6-11-24(19(2)14-18)30-26(28-12-4-5-13-28)22-15-29(16-23(22)27-30)25(31)17-33-21-9-7-20(32-3)8-10-21/h4-14H,15-17H2,1-3H3. The van der Waals surface area contributed by atoms with Crippen LogP contribution in [-0.4, -0.2) is 38.9 Å². The third-order valence-electron chi connectivity index (χ3n) is 5.93. The van der Waals surface area contributed by atoms with Gasteiger partial charge in [-0.3, -0.25) is 4.79 Å². The van der Waals surface area contributed by atoms with Gasteiger partial charge in [0.2, 0.25) is 0 Å². The molecule has 2 aromatic carbocycles. The molecule has 0 radical (unpaired) electrons. The second kappa shape index (κ2) is 8.50. The second-order valence-electron chi connectivity index (χ2n) is 8.25. The van der Waals surface area contributed by atoms with Crippen LogP contribution in [0, 0.1) is 13.8 Å². The molecule has 2 aromatic heterocycles. The molecule has 0 saturated heterocycles. The average Bonchev–Trinajstić information content (AvgIpc) is 3.54. The number of fused-ring (bicyclic) bond motifs is 1. The third-order valence-corrected chi connectivity index (χ3v) is 5.93. The maximum absolute atomic E-state index is 12.9. The maximum Gasteiger partial charge on any atom is 0.261 e. The van der Waals surface area contributed by atoms with E-state index in [9.17, 15) is 4.79 Å². The number of hydrogen-bond acceptors (Lipinski definition) is 4. The van der Waals surface area contributed by atoms with E-state index in [4.69, 9.17) is 14.6 Å². The van der Waals surface area contributed by atoms with Gasteiger partial charge in [0.15, 0.2) is 6.61 Å². The van der Waals surface area contributed by atoms with E-state index >= 15 is 0 Å². The summed E-state index contributed by atoms with van der Waals surface area (Å²) in [7, 11) is 1.62. The first-order valence-corrected chi connectivity index (χ1v) is 10.9. The molecule has 0 unspecified atom stereocenters. The topological polar surface area (TPSA) is 61.5 Å². The summed E-state index contributed by atoms with van der Waals surface area (Å²) in [5.74, 6) is 2.28. The molecule has 1 aliphatic rings. The Hall–Kier alpha value is -4.00. The van der Waals surface area contributed by atoms with Crippen molar-refractivity contribution in [1.29, 1.82) is 0 Å². The number of rotatable bonds is 6. The maximum atomic E-state index is 12.9. The molecule has 1 amide bonds. The van der Waals surface area contributed by atoms with Crippen molar-refractivity contribution < 1.29 is 14.3 Å². The van der Waals surface area contributed by atoms with Crippen LogP contribution in [0.4, 0.5) is 0 Å². The predicted octanol–water partition coefficient (Wildman–Crippen LogP) is 4.21. The molecule has 33 heavy (non-hydrogen) atoms. The van der Waals surface area contributed by atoms with Crippen molar-refractivity contribution in [2.45, 2.75) is 26.9 Å². The summed E-state index contributed by atoms with van der Waals surface area (Å²) in [6.45, 7) is 5.13. The first kappa shape index (κ1) is 20.9. The minimum atomic E-state index is -0.0691. The zero-order valence-corrected chi connectivity index (χ0v) is 19.0. The SMILES string of the molecule is COc1ccc(OCC(=O)N2Cc3nn(-c4ccc(C)cc4C)c(-n4cccc4)c3C2)cc1. The van der Waals surface area contributed by atoms with Crippen LogP contribution in [0.15, 0.2) is 67.0 Å². The summed E-state index contributed by atoms with van der Waals surface area (Å²) in [6.07, 6.45) is 4.02. The van der Waals surface area contributed by atoms with E-state index in [0.717, 1.165) is 34.1 Å². The Morgan fingerprint density at radius 1 is 1.00 bits per heavy atom. The van der Waals surface area contributed by atoms with Crippen LogP contribution in [0.5, 0.6) is 11.5 Å². The molecule has 0 fully saturated rings. The number of ether oxygens (including phenoxy) is 2. The van der Waals surface area contributed by atoms with Gasteiger partial charge in [0.05, 0.1) is 31.6 Å². The average molecular weight is 443 g/mol. The Balaban J connectivity index is 1.38. The minimum Gasteiger partial charge on any atom is -0.497 e. The molecule has 4 aromatic rings. The Morgan fingerprint density at radius 2 is 1.73 bits per heavy atom. The number of carbonyl (C=O) groups excluding carboxylic acids is 1. The van der Waals surface area contributed by atoms with Gasteiger partial charge in [-0.15, -0.1) is 0 Å². The van der Waals surface area contributed by atoms with Gasteiger partial charge in [0.25, 0.3) is 5.91 Å². The minimum absolute atomic E-state index is 0.0213. The van der Waals surface area contributed by atoms with E-state index in [2.05, 4.69) is 36.6 Å². The van der Waals surface area contributed by atoms with E-state index in [1.165, 1.54) is 5.56 Å². The molecule has 0 N–H and O–H groups in total. The second-order valence-corrected chi connectivity index (χ2v) is 8.25. The lowest BCUT2D eigenvalue weighted by molar-refractivity contribution is -0.134. The lowest BCUT2D eigenvalue weighted by Crippen LogP contribution is -2.31. The molecule has 168 valence electrons. The van der Waals surface area contributed by atoms with Crippen LogP contribution in [0.1, 0.15) is 22.4 Å². The summed E-state index contributed by atoms with van der Waals surface area (Å²) >= 11 is 0. The third kappa shape index (κ3) is 3.98. The fourth-order valence-corrected chi connectivity index (χ4v) is 4.24. The Bertz CT molecular complexity index is 1290. The van der Waals surface area contributed by atoms with Crippen LogP contribution in [-0.2, 0) is 17.9 Å². The number of aromatic nitrogens is 3. The Kier molecular flexibility index (Phi) is 5.38. The molecule has 7 heteroatoms. The van der Waals surface area contributed by atoms with Gasteiger partial charge < -0.3 is 18.9 Å². The highest BCUT2D eigenvalue weighted by Crippen LogP contribution is 2.31. The summed E-state index contributed by atoms with van der Waals surface area (Å²) in [6, 6.07) is 17.6. The Labute approximate surface area is 192 Å². The van der Waals surface area contributed by atoms with Gasteiger partial charge in [0, 0.05) is 18.0 Å². The van der Waals surface area contributed by atoms with Crippen molar-refractivity contribution in [3.05, 3.63) is 89.4 Å². The van der Waals surface area contributed by atoms with Crippen molar-refractivity contribution >= 4 is 5.91 Å². The number of aryl methyl sites for hydroxylation is 2. The quantitative estimate of drug-likeness (QED) is 0.449. The number of hydrogen-bond donors (Lipinski definition) is 0. The lowest BCUT2D eigenvalue weighted by atomic mass is 10.1. The van der Waals surface area contributed by atoms with E-state index in [1.807, 2.05) is 41.3 Å². The zero-order chi connectivity index (χ0) is 22.9. The van der Waals surface area contributed by atoms with E-state index in [1.54, 1.807) is 24.1 Å². The zero-order valence-electron chi connectivity index (χ0n) is 19.0. The fraction of sp³-hybridized carbons (Fsp3) is 0.231. The molecule has 3 heterocycles. The van der Waals surface area contributed by atoms with Gasteiger partial charge in [-0.05, 0) is 61.9 Å². The molecule has 0 spiro atoms. The number of nitrogens with zero attached hydrogens (tertiary/aromatic N) is 4. The number of methoxy groups -OCH3 is 1. The summed E-state index contributed by atoms with van der Waals surface area (Å²) in [5.41, 5.74) is 5.39. The summed E-state index contributed by atoms with van der Waals surface area (Å²) in [5, 5.41) is 4.92. The molecular formula is C26H26N4O3. The molecular weight excluding hydrogens is 416 g/mol. The van der Waals surface area contributed by atoms with E-state index in [0.29, 0.717) is 18.8 Å². The monoisotopic (exact) mass is 442 g/mol. The van der Waals surface area contributed by atoms with Gasteiger partial charge in [-0.2, -0.15) is 5.10 Å². The van der Waals surface area contributed by atoms with Gasteiger partial charge in [0.1, 0.15) is 17.3 Å². The highest BCUT2D eigenvalue weighted by atomic mass is 16.5. The van der Waals surface area contributed by atoms with Gasteiger partial charge in [-0.25, -0.2) is 4.68 Å². The smallest absolute Gasteiger partial charge is 0.261 e. The van der Waals surface area contributed by atoms with Gasteiger partial charge >= 0.3 is 0 Å². The molecule has 5 rings (SSSR count). The summed E-state index contributed by atoms with van der Waals surface area (Å²) < 4.78 is 14.9. The molecule has 1 aliphatic heterocycles. The largest absolute Gasteiger partial charge is 0.497 e. The van der Waals surface area contributed by atoms with Crippen LogP contribution < -0.4 is 9.47 Å². The molecule has 0 saturated carbocycles. The molecule has 7 nitrogen and oxygen atoms in total. The lowest BCUT2D eigenvalue weighted by Gasteiger charge is -2.18. The number of carbonyl (C=O) groups is 1. The number of benzene rings is 2. The van der Waals surface area contributed by atoms with E-state index in [-0.39, 0.29) is 12.5 Å². The van der Waals surface area contributed by atoms with Gasteiger partial charge in [-0.1, -0.05) is 17.7 Å². The first-order chi connectivity index (χ1) is 16.0. The molecule has 0 atom stereocenters. The highest BCUT2D eigenvalue weighted by molar-refractivity contribution is 5.78. The first-order valence-electron chi connectivity index (χ1n) is 10.9. The predicted molar refractivity (Wildman–Crippen MR) is 125 cm³/mol. The van der Waals surface area contributed by atoms with Crippen molar-refractivity contribution in [3.63, 3.8) is 0 Å². The van der Waals surface area contributed by atoms with Crippen molar-refractivity contribution in [1.82, 2.24) is 19.2 Å². The van der Waals surface area contributed by atoms with Crippen LogP contribution in [0.3, 0.4) is 0 Å².